The van der Waals surface area contributed by atoms with Gasteiger partial charge in [-0.05, 0) is 31.9 Å². The average Bonchev–Trinajstić information content (AvgIpc) is 2.89. The molecule has 0 spiro atoms. The van der Waals surface area contributed by atoms with Gasteiger partial charge in [0.25, 0.3) is 0 Å². The Kier molecular flexibility index (Phi) is 1.92. The van der Waals surface area contributed by atoms with E-state index in [9.17, 15) is 9.90 Å². The SMILES string of the molecule is CC1(Nc2nc3ccccn3c2C(=O)O)CC1. The summed E-state index contributed by atoms with van der Waals surface area (Å²) >= 11 is 0. The van der Waals surface area contributed by atoms with E-state index in [1.165, 1.54) is 0 Å². The van der Waals surface area contributed by atoms with E-state index in [4.69, 9.17) is 0 Å². The predicted octanol–water partition coefficient (Wildman–Crippen LogP) is 2.00. The van der Waals surface area contributed by atoms with Gasteiger partial charge in [-0.3, -0.25) is 4.40 Å². The van der Waals surface area contributed by atoms with Crippen molar-refractivity contribution in [3.8, 4) is 0 Å². The van der Waals surface area contributed by atoms with Gasteiger partial charge in [-0.1, -0.05) is 6.07 Å². The van der Waals surface area contributed by atoms with E-state index >= 15 is 0 Å². The molecular weight excluding hydrogens is 218 g/mol. The molecule has 0 radical (unpaired) electrons. The van der Waals surface area contributed by atoms with Crippen LogP contribution in [0.25, 0.3) is 5.65 Å². The third kappa shape index (κ3) is 1.63. The molecule has 1 saturated carbocycles. The molecule has 1 aliphatic carbocycles. The summed E-state index contributed by atoms with van der Waals surface area (Å²) in [7, 11) is 0. The van der Waals surface area contributed by atoms with E-state index in [-0.39, 0.29) is 11.2 Å². The second kappa shape index (κ2) is 3.23. The largest absolute Gasteiger partial charge is 0.476 e. The van der Waals surface area contributed by atoms with Crippen LogP contribution in [0, 0.1) is 0 Å². The van der Waals surface area contributed by atoms with E-state index in [0.29, 0.717) is 11.5 Å². The van der Waals surface area contributed by atoms with Gasteiger partial charge in [0.15, 0.2) is 11.5 Å². The van der Waals surface area contributed by atoms with Crippen LogP contribution >= 0.6 is 0 Å². The Balaban J connectivity index is 2.15. The van der Waals surface area contributed by atoms with E-state index in [0.717, 1.165) is 12.8 Å². The van der Waals surface area contributed by atoms with Crippen LogP contribution in [0.5, 0.6) is 0 Å². The molecule has 88 valence electrons. The van der Waals surface area contributed by atoms with Gasteiger partial charge in [0.2, 0.25) is 0 Å². The number of nitrogens with zero attached hydrogens (tertiary/aromatic N) is 2. The van der Waals surface area contributed by atoms with Crippen molar-refractivity contribution in [2.75, 3.05) is 5.32 Å². The minimum atomic E-state index is -0.963. The van der Waals surface area contributed by atoms with E-state index in [1.54, 1.807) is 22.7 Å². The number of rotatable bonds is 3. The van der Waals surface area contributed by atoms with Crippen LogP contribution in [0.1, 0.15) is 30.3 Å². The summed E-state index contributed by atoms with van der Waals surface area (Å²) in [5, 5.41) is 12.5. The molecule has 5 nitrogen and oxygen atoms in total. The number of carbonyl (C=O) groups is 1. The molecule has 0 aliphatic heterocycles. The molecule has 1 aliphatic rings. The van der Waals surface area contributed by atoms with Crippen molar-refractivity contribution >= 4 is 17.4 Å². The number of aromatic nitrogens is 2. The number of anilines is 1. The first-order chi connectivity index (χ1) is 8.09. The number of nitrogens with one attached hydrogen (secondary N) is 1. The van der Waals surface area contributed by atoms with Crippen LogP contribution in [0.15, 0.2) is 24.4 Å². The molecule has 0 bridgehead atoms. The smallest absolute Gasteiger partial charge is 0.356 e. The van der Waals surface area contributed by atoms with Gasteiger partial charge < -0.3 is 10.4 Å². The van der Waals surface area contributed by atoms with Crippen molar-refractivity contribution in [1.29, 1.82) is 0 Å². The quantitative estimate of drug-likeness (QED) is 0.847. The lowest BCUT2D eigenvalue weighted by molar-refractivity contribution is 0.0690. The summed E-state index contributed by atoms with van der Waals surface area (Å²) < 4.78 is 1.59. The van der Waals surface area contributed by atoms with Crippen molar-refractivity contribution in [1.82, 2.24) is 9.38 Å². The lowest BCUT2D eigenvalue weighted by Gasteiger charge is -2.10. The Morgan fingerprint density at radius 3 is 2.94 bits per heavy atom. The summed E-state index contributed by atoms with van der Waals surface area (Å²) in [6.45, 7) is 2.07. The maximum Gasteiger partial charge on any atom is 0.356 e. The van der Waals surface area contributed by atoms with Gasteiger partial charge in [0.1, 0.15) is 5.65 Å². The maximum atomic E-state index is 11.3. The monoisotopic (exact) mass is 231 g/mol. The number of hydrogen-bond acceptors (Lipinski definition) is 3. The second-order valence-corrected chi connectivity index (χ2v) is 4.73. The van der Waals surface area contributed by atoms with Crippen LogP contribution in [0.3, 0.4) is 0 Å². The summed E-state index contributed by atoms with van der Waals surface area (Å²) in [5.74, 6) is -0.501. The summed E-state index contributed by atoms with van der Waals surface area (Å²) in [6, 6.07) is 5.44. The fraction of sp³-hybridized carbons (Fsp3) is 0.333. The Bertz CT molecular complexity index is 599. The number of pyridine rings is 1. The van der Waals surface area contributed by atoms with Crippen molar-refractivity contribution in [3.05, 3.63) is 30.1 Å². The summed E-state index contributed by atoms with van der Waals surface area (Å²) in [4.78, 5) is 15.6. The van der Waals surface area contributed by atoms with E-state index < -0.39 is 5.97 Å². The van der Waals surface area contributed by atoms with Crippen LogP contribution in [-0.2, 0) is 0 Å². The zero-order chi connectivity index (χ0) is 12.0. The van der Waals surface area contributed by atoms with Crippen molar-refractivity contribution in [2.24, 2.45) is 0 Å². The molecule has 0 unspecified atom stereocenters. The van der Waals surface area contributed by atoms with E-state index in [1.807, 2.05) is 6.07 Å². The molecule has 2 aromatic rings. The molecule has 1 fully saturated rings. The first kappa shape index (κ1) is 10.1. The highest BCUT2D eigenvalue weighted by Gasteiger charge is 2.39. The Morgan fingerprint density at radius 1 is 1.53 bits per heavy atom. The number of carboxylic acids is 1. The molecule has 0 aromatic carbocycles. The van der Waals surface area contributed by atoms with E-state index in [2.05, 4.69) is 17.2 Å². The zero-order valence-electron chi connectivity index (χ0n) is 9.47. The first-order valence-corrected chi connectivity index (χ1v) is 5.58. The summed E-state index contributed by atoms with van der Waals surface area (Å²) in [6.07, 6.45) is 3.83. The van der Waals surface area contributed by atoms with Gasteiger partial charge in [-0.15, -0.1) is 0 Å². The van der Waals surface area contributed by atoms with Crippen molar-refractivity contribution in [2.45, 2.75) is 25.3 Å². The van der Waals surface area contributed by atoms with Crippen molar-refractivity contribution < 1.29 is 9.90 Å². The standard InChI is InChI=1S/C12H13N3O2/c1-12(5-6-12)14-10-9(11(16)17)15-7-3-2-4-8(15)13-10/h2-4,7,14H,5-6H2,1H3,(H,16,17). The molecule has 17 heavy (non-hydrogen) atoms. The highest BCUT2D eigenvalue weighted by atomic mass is 16.4. The first-order valence-electron chi connectivity index (χ1n) is 5.58. The minimum Gasteiger partial charge on any atom is -0.476 e. The third-order valence-electron chi connectivity index (χ3n) is 3.15. The maximum absolute atomic E-state index is 11.3. The molecular formula is C12H13N3O2. The van der Waals surface area contributed by atoms with Gasteiger partial charge >= 0.3 is 5.97 Å². The molecule has 0 atom stereocenters. The average molecular weight is 231 g/mol. The summed E-state index contributed by atoms with van der Waals surface area (Å²) in [5.41, 5.74) is 0.868. The third-order valence-corrected chi connectivity index (χ3v) is 3.15. The fourth-order valence-corrected chi connectivity index (χ4v) is 1.89. The number of fused-ring (bicyclic) bond motifs is 1. The number of imidazole rings is 1. The molecule has 2 heterocycles. The van der Waals surface area contributed by atoms with Crippen LogP contribution < -0.4 is 5.32 Å². The highest BCUT2D eigenvalue weighted by molar-refractivity contribution is 5.93. The van der Waals surface area contributed by atoms with Gasteiger partial charge in [-0.2, -0.15) is 0 Å². The number of carboxylic acid groups (broad SMARTS) is 1. The molecule has 5 heteroatoms. The van der Waals surface area contributed by atoms with Crippen LogP contribution in [0.4, 0.5) is 5.82 Å². The van der Waals surface area contributed by atoms with Crippen LogP contribution in [0.2, 0.25) is 0 Å². The molecule has 2 N–H and O–H groups in total. The van der Waals surface area contributed by atoms with Gasteiger partial charge in [0, 0.05) is 11.7 Å². The Hall–Kier alpha value is -2.04. The zero-order valence-corrected chi connectivity index (χ0v) is 9.47. The Labute approximate surface area is 98.1 Å². The lowest BCUT2D eigenvalue weighted by Crippen LogP contribution is -2.18. The molecule has 0 amide bonds. The number of aromatic carboxylic acids is 1. The Morgan fingerprint density at radius 2 is 2.29 bits per heavy atom. The normalized spacial score (nSPS) is 17.0. The van der Waals surface area contributed by atoms with Gasteiger partial charge in [0.05, 0.1) is 0 Å². The highest BCUT2D eigenvalue weighted by Crippen LogP contribution is 2.38. The van der Waals surface area contributed by atoms with Crippen LogP contribution in [-0.4, -0.2) is 26.0 Å². The van der Waals surface area contributed by atoms with Gasteiger partial charge in [-0.25, -0.2) is 9.78 Å². The predicted molar refractivity (Wildman–Crippen MR) is 63.4 cm³/mol. The molecule has 0 saturated heterocycles. The fourth-order valence-electron chi connectivity index (χ4n) is 1.89. The second-order valence-electron chi connectivity index (χ2n) is 4.73. The topological polar surface area (TPSA) is 66.6 Å². The lowest BCUT2D eigenvalue weighted by atomic mass is 10.3. The van der Waals surface area contributed by atoms with Crippen molar-refractivity contribution in [3.63, 3.8) is 0 Å². The molecule has 2 aromatic heterocycles. The minimum absolute atomic E-state index is 0.0160. The number of hydrogen-bond donors (Lipinski definition) is 2. The molecule has 3 rings (SSSR count).